The number of methoxy groups -OCH3 is 2. The summed E-state index contributed by atoms with van der Waals surface area (Å²) in [5.74, 6) is 1.02. The molecule has 0 aliphatic heterocycles. The van der Waals surface area contributed by atoms with Crippen molar-refractivity contribution in [2.75, 3.05) is 21.0 Å². The number of benzene rings is 1. The fourth-order valence-electron chi connectivity index (χ4n) is 3.39. The van der Waals surface area contributed by atoms with E-state index in [9.17, 15) is 4.79 Å². The highest BCUT2D eigenvalue weighted by Gasteiger charge is 2.54. The summed E-state index contributed by atoms with van der Waals surface area (Å²) >= 11 is 0. The van der Waals surface area contributed by atoms with Crippen molar-refractivity contribution in [1.82, 2.24) is 0 Å². The molecular weight excluding hydrogens is 256 g/mol. The molecule has 4 heteroatoms. The minimum atomic E-state index is -0.117. The van der Waals surface area contributed by atoms with Crippen molar-refractivity contribution in [3.63, 3.8) is 0 Å². The third-order valence-electron chi connectivity index (χ3n) is 4.61. The molecule has 1 atom stereocenters. The Morgan fingerprint density at radius 3 is 2.80 bits per heavy atom. The largest absolute Gasteiger partial charge is 0.469 e. The lowest BCUT2D eigenvalue weighted by Crippen LogP contribution is -2.14. The van der Waals surface area contributed by atoms with Gasteiger partial charge in [0.2, 0.25) is 0 Å². The second kappa shape index (κ2) is 5.09. The first-order valence-electron chi connectivity index (χ1n) is 7.00. The molecule has 2 aliphatic carbocycles. The number of fused-ring (bicyclic) bond motifs is 1. The molecule has 0 bridgehead atoms. The molecule has 0 saturated heterocycles. The Morgan fingerprint density at radius 2 is 2.15 bits per heavy atom. The number of hydrogen-bond acceptors (Lipinski definition) is 4. The molecule has 0 radical (unpaired) electrons. The number of esters is 1. The van der Waals surface area contributed by atoms with E-state index >= 15 is 0 Å². The Kier molecular flexibility index (Phi) is 3.42. The highest BCUT2D eigenvalue weighted by Crippen LogP contribution is 2.64. The highest BCUT2D eigenvalue weighted by molar-refractivity contribution is 5.71. The standard InChI is InChI=1S/C16H20O4/c1-18-10-20-12-3-4-13-11(7-12)9-16(5-6-16)14(13)8-15(17)19-2/h3-4,7,14H,5-6,8-10H2,1-2H3. The van der Waals surface area contributed by atoms with Crippen LogP contribution in [0.3, 0.4) is 0 Å². The van der Waals surface area contributed by atoms with Gasteiger partial charge in [-0.1, -0.05) is 6.07 Å². The predicted molar refractivity (Wildman–Crippen MR) is 73.7 cm³/mol. The summed E-state index contributed by atoms with van der Waals surface area (Å²) in [5, 5.41) is 0. The van der Waals surface area contributed by atoms with Crippen LogP contribution in [0.1, 0.15) is 36.3 Å². The zero-order chi connectivity index (χ0) is 14.2. The van der Waals surface area contributed by atoms with Crippen molar-refractivity contribution in [2.24, 2.45) is 5.41 Å². The molecule has 20 heavy (non-hydrogen) atoms. The number of ether oxygens (including phenoxy) is 3. The van der Waals surface area contributed by atoms with Gasteiger partial charge < -0.3 is 14.2 Å². The molecule has 1 saturated carbocycles. The van der Waals surface area contributed by atoms with Crippen LogP contribution < -0.4 is 4.74 Å². The minimum absolute atomic E-state index is 0.117. The van der Waals surface area contributed by atoms with E-state index in [0.29, 0.717) is 17.8 Å². The Balaban J connectivity index is 1.83. The van der Waals surface area contributed by atoms with E-state index in [4.69, 9.17) is 14.2 Å². The third-order valence-corrected chi connectivity index (χ3v) is 4.61. The molecule has 3 rings (SSSR count). The average molecular weight is 276 g/mol. The van der Waals surface area contributed by atoms with E-state index in [-0.39, 0.29) is 12.8 Å². The molecule has 1 aromatic rings. The molecule has 1 aromatic carbocycles. The summed E-state index contributed by atoms with van der Waals surface area (Å²) in [5.41, 5.74) is 2.90. The van der Waals surface area contributed by atoms with Crippen LogP contribution in [-0.4, -0.2) is 27.0 Å². The van der Waals surface area contributed by atoms with Crippen LogP contribution in [0.4, 0.5) is 0 Å². The van der Waals surface area contributed by atoms with Crippen molar-refractivity contribution in [2.45, 2.75) is 31.6 Å². The van der Waals surface area contributed by atoms with Gasteiger partial charge in [-0.15, -0.1) is 0 Å². The highest BCUT2D eigenvalue weighted by atomic mass is 16.7. The second-order valence-electron chi connectivity index (χ2n) is 5.78. The molecule has 0 heterocycles. The van der Waals surface area contributed by atoms with Gasteiger partial charge in [0.1, 0.15) is 5.75 Å². The minimum Gasteiger partial charge on any atom is -0.469 e. The number of carbonyl (C=O) groups is 1. The molecule has 0 N–H and O–H groups in total. The number of hydrogen-bond donors (Lipinski definition) is 0. The lowest BCUT2D eigenvalue weighted by molar-refractivity contribution is -0.141. The van der Waals surface area contributed by atoms with E-state index in [2.05, 4.69) is 12.1 Å². The monoisotopic (exact) mass is 276 g/mol. The van der Waals surface area contributed by atoms with Crippen LogP contribution in [0.5, 0.6) is 5.75 Å². The van der Waals surface area contributed by atoms with Crippen molar-refractivity contribution < 1.29 is 19.0 Å². The Hall–Kier alpha value is -1.55. The Morgan fingerprint density at radius 1 is 1.35 bits per heavy atom. The third kappa shape index (κ3) is 2.29. The Bertz CT molecular complexity index is 519. The first-order chi connectivity index (χ1) is 9.68. The summed E-state index contributed by atoms with van der Waals surface area (Å²) in [6, 6.07) is 6.15. The zero-order valence-corrected chi connectivity index (χ0v) is 12.0. The van der Waals surface area contributed by atoms with Crippen molar-refractivity contribution in [3.05, 3.63) is 29.3 Å². The van der Waals surface area contributed by atoms with Gasteiger partial charge in [-0.2, -0.15) is 0 Å². The maximum absolute atomic E-state index is 11.6. The maximum Gasteiger partial charge on any atom is 0.306 e. The van der Waals surface area contributed by atoms with Gasteiger partial charge in [0, 0.05) is 13.0 Å². The molecule has 1 fully saturated rings. The fourth-order valence-corrected chi connectivity index (χ4v) is 3.39. The normalized spacial score (nSPS) is 21.6. The fraction of sp³-hybridized carbons (Fsp3) is 0.562. The smallest absolute Gasteiger partial charge is 0.306 e. The van der Waals surface area contributed by atoms with E-state index in [1.807, 2.05) is 6.07 Å². The van der Waals surface area contributed by atoms with Crippen LogP contribution in [-0.2, 0) is 20.7 Å². The van der Waals surface area contributed by atoms with Gasteiger partial charge >= 0.3 is 5.97 Å². The first kappa shape index (κ1) is 13.4. The number of rotatable bonds is 5. The van der Waals surface area contributed by atoms with Crippen LogP contribution >= 0.6 is 0 Å². The first-order valence-corrected chi connectivity index (χ1v) is 7.00. The molecule has 1 unspecified atom stereocenters. The lowest BCUT2D eigenvalue weighted by Gasteiger charge is -2.18. The number of carbonyl (C=O) groups excluding carboxylic acids is 1. The van der Waals surface area contributed by atoms with Gasteiger partial charge in [-0.05, 0) is 47.9 Å². The van der Waals surface area contributed by atoms with Gasteiger partial charge in [-0.25, -0.2) is 0 Å². The maximum atomic E-state index is 11.6. The summed E-state index contributed by atoms with van der Waals surface area (Å²) < 4.78 is 15.3. The van der Waals surface area contributed by atoms with Gasteiger partial charge in [0.15, 0.2) is 6.79 Å². The molecule has 0 amide bonds. The topological polar surface area (TPSA) is 44.8 Å². The molecular formula is C16H20O4. The summed E-state index contributed by atoms with van der Waals surface area (Å²) in [7, 11) is 3.07. The van der Waals surface area contributed by atoms with Crippen molar-refractivity contribution in [3.8, 4) is 5.75 Å². The van der Waals surface area contributed by atoms with Crippen LogP contribution in [0, 0.1) is 5.41 Å². The molecule has 2 aliphatic rings. The molecule has 4 nitrogen and oxygen atoms in total. The summed E-state index contributed by atoms with van der Waals surface area (Å²) in [6.07, 6.45) is 3.95. The van der Waals surface area contributed by atoms with Crippen LogP contribution in [0.2, 0.25) is 0 Å². The molecule has 0 aromatic heterocycles. The van der Waals surface area contributed by atoms with Gasteiger partial charge in [-0.3, -0.25) is 4.79 Å². The van der Waals surface area contributed by atoms with Crippen LogP contribution in [0.25, 0.3) is 0 Å². The SMILES string of the molecule is COCOc1ccc2c(c1)CC1(CC1)C2CC(=O)OC. The molecule has 1 spiro atoms. The zero-order valence-electron chi connectivity index (χ0n) is 12.0. The predicted octanol–water partition coefficient (Wildman–Crippen LogP) is 2.65. The van der Waals surface area contributed by atoms with E-state index in [1.165, 1.54) is 31.1 Å². The average Bonchev–Trinajstić information content (AvgIpc) is 3.16. The second-order valence-corrected chi connectivity index (χ2v) is 5.78. The summed E-state index contributed by atoms with van der Waals surface area (Å²) in [6.45, 7) is 0.259. The van der Waals surface area contributed by atoms with Gasteiger partial charge in [0.05, 0.1) is 13.5 Å². The van der Waals surface area contributed by atoms with Gasteiger partial charge in [0.25, 0.3) is 0 Å². The van der Waals surface area contributed by atoms with Crippen molar-refractivity contribution >= 4 is 5.97 Å². The van der Waals surface area contributed by atoms with Crippen molar-refractivity contribution in [1.29, 1.82) is 0 Å². The van der Waals surface area contributed by atoms with Crippen LogP contribution in [0.15, 0.2) is 18.2 Å². The quantitative estimate of drug-likeness (QED) is 0.612. The lowest BCUT2D eigenvalue weighted by atomic mass is 9.87. The Labute approximate surface area is 119 Å². The van der Waals surface area contributed by atoms with E-state index < -0.39 is 0 Å². The van der Waals surface area contributed by atoms with E-state index in [1.54, 1.807) is 7.11 Å². The van der Waals surface area contributed by atoms with E-state index in [0.717, 1.165) is 12.2 Å². The summed E-state index contributed by atoms with van der Waals surface area (Å²) in [4.78, 5) is 11.6. The molecule has 108 valence electrons.